The molecule has 0 radical (unpaired) electrons. The Morgan fingerprint density at radius 2 is 2.14 bits per heavy atom. The molecule has 1 aromatic heterocycles. The van der Waals surface area contributed by atoms with Crippen molar-refractivity contribution in [2.24, 2.45) is 0 Å². The van der Waals surface area contributed by atoms with Gasteiger partial charge in [-0.05, 0) is 53.8 Å². The first-order valence-electron chi connectivity index (χ1n) is 8.21. The molecule has 0 bridgehead atoms. The highest BCUT2D eigenvalue weighted by molar-refractivity contribution is 7.15. The summed E-state index contributed by atoms with van der Waals surface area (Å²) in [5.41, 5.74) is 1.32. The van der Waals surface area contributed by atoms with Crippen molar-refractivity contribution in [1.29, 1.82) is 0 Å². The molecule has 0 saturated heterocycles. The van der Waals surface area contributed by atoms with E-state index in [1.165, 1.54) is 35.0 Å². The minimum absolute atomic E-state index is 0.464. The number of likely N-dealkylation sites (N-methyl/N-ethyl adjacent to an activating group) is 2. The minimum atomic E-state index is 0.464. The fourth-order valence-electron chi connectivity index (χ4n) is 3.24. The molecule has 0 aliphatic heterocycles. The van der Waals surface area contributed by atoms with Crippen LogP contribution in [0, 0.1) is 0 Å². The van der Waals surface area contributed by atoms with Gasteiger partial charge in [-0.15, -0.1) is 11.3 Å². The molecule has 1 aliphatic carbocycles. The molecule has 0 spiro atoms. The minimum Gasteiger partial charge on any atom is -0.344 e. The van der Waals surface area contributed by atoms with E-state index >= 15 is 0 Å². The van der Waals surface area contributed by atoms with Crippen molar-refractivity contribution in [3.63, 3.8) is 0 Å². The molecule has 1 N–H and O–H groups in total. The molecule has 0 saturated carbocycles. The van der Waals surface area contributed by atoms with Crippen molar-refractivity contribution in [3.05, 3.63) is 10.6 Å². The lowest BCUT2D eigenvalue weighted by atomic mass is 9.98. The van der Waals surface area contributed by atoms with E-state index < -0.39 is 0 Å². The van der Waals surface area contributed by atoms with E-state index in [0.717, 1.165) is 19.6 Å². The number of hydrogen-bond donors (Lipinski definition) is 1. The number of anilines is 1. The van der Waals surface area contributed by atoms with Gasteiger partial charge in [-0.2, -0.15) is 0 Å². The Kier molecular flexibility index (Phi) is 6.02. The Bertz CT molecular complexity index is 443. The van der Waals surface area contributed by atoms with Crippen molar-refractivity contribution >= 4 is 16.5 Å². The highest BCUT2D eigenvalue weighted by Crippen LogP contribution is 2.37. The topological polar surface area (TPSA) is 31.4 Å². The van der Waals surface area contributed by atoms with Crippen LogP contribution in [0.3, 0.4) is 0 Å². The van der Waals surface area contributed by atoms with E-state index in [2.05, 4.69) is 50.0 Å². The number of aromatic nitrogens is 1. The van der Waals surface area contributed by atoms with Crippen LogP contribution in [0.4, 0.5) is 5.13 Å². The number of hydrogen-bond acceptors (Lipinski definition) is 5. The third-order valence-electron chi connectivity index (χ3n) is 4.14. The SMILES string of the molecule is CCNC1CCCc2sc(N(CC)C(C)CN(C)C)nc21. The van der Waals surface area contributed by atoms with Gasteiger partial charge >= 0.3 is 0 Å². The number of nitrogens with one attached hydrogen (secondary N) is 1. The smallest absolute Gasteiger partial charge is 0.186 e. The first kappa shape index (κ1) is 16.7. The molecule has 1 aromatic rings. The Labute approximate surface area is 133 Å². The first-order chi connectivity index (χ1) is 10.1. The third kappa shape index (κ3) is 3.96. The van der Waals surface area contributed by atoms with Crippen molar-refractivity contribution in [2.75, 3.05) is 38.6 Å². The van der Waals surface area contributed by atoms with Crippen LogP contribution in [0.5, 0.6) is 0 Å². The zero-order valence-corrected chi connectivity index (χ0v) is 15.0. The van der Waals surface area contributed by atoms with Gasteiger partial charge in [-0.1, -0.05) is 6.92 Å². The molecular formula is C16H30N4S. The fraction of sp³-hybridized carbons (Fsp3) is 0.812. The van der Waals surface area contributed by atoms with Gasteiger partial charge < -0.3 is 15.1 Å². The maximum absolute atomic E-state index is 5.01. The van der Waals surface area contributed by atoms with Crippen LogP contribution in [0.2, 0.25) is 0 Å². The highest BCUT2D eigenvalue weighted by Gasteiger charge is 2.26. The van der Waals surface area contributed by atoms with Gasteiger partial charge in [-0.3, -0.25) is 0 Å². The second-order valence-electron chi connectivity index (χ2n) is 6.20. The van der Waals surface area contributed by atoms with Gasteiger partial charge in [0.15, 0.2) is 5.13 Å². The summed E-state index contributed by atoms with van der Waals surface area (Å²) in [6, 6.07) is 0.960. The van der Waals surface area contributed by atoms with Crippen LogP contribution in [-0.4, -0.2) is 49.7 Å². The monoisotopic (exact) mass is 310 g/mol. The molecule has 1 heterocycles. The van der Waals surface area contributed by atoms with E-state index in [4.69, 9.17) is 4.98 Å². The molecule has 0 amide bonds. The number of nitrogens with zero attached hydrogens (tertiary/aromatic N) is 3. The summed E-state index contributed by atoms with van der Waals surface area (Å²) in [7, 11) is 4.27. The Balaban J connectivity index is 2.19. The van der Waals surface area contributed by atoms with Gasteiger partial charge in [-0.25, -0.2) is 4.98 Å². The summed E-state index contributed by atoms with van der Waals surface area (Å²) in [6.07, 6.45) is 3.71. The van der Waals surface area contributed by atoms with E-state index in [0.29, 0.717) is 12.1 Å². The lowest BCUT2D eigenvalue weighted by Gasteiger charge is -2.29. The summed E-state index contributed by atoms with van der Waals surface area (Å²) >= 11 is 1.91. The highest BCUT2D eigenvalue weighted by atomic mass is 32.1. The number of aryl methyl sites for hydroxylation is 1. The predicted octanol–water partition coefficient (Wildman–Crippen LogP) is 2.91. The normalized spacial score (nSPS) is 19.6. The quantitative estimate of drug-likeness (QED) is 0.839. The molecule has 5 heteroatoms. The van der Waals surface area contributed by atoms with Gasteiger partial charge in [0.1, 0.15) is 0 Å². The fourth-order valence-corrected chi connectivity index (χ4v) is 4.57. The summed E-state index contributed by atoms with van der Waals surface area (Å²) in [6.45, 7) is 9.81. The molecule has 4 nitrogen and oxygen atoms in total. The summed E-state index contributed by atoms with van der Waals surface area (Å²) in [4.78, 5) is 11.2. The summed E-state index contributed by atoms with van der Waals surface area (Å²) in [5, 5.41) is 4.80. The van der Waals surface area contributed by atoms with Crippen molar-refractivity contribution in [3.8, 4) is 0 Å². The zero-order chi connectivity index (χ0) is 15.4. The second-order valence-corrected chi connectivity index (χ2v) is 7.27. The molecule has 21 heavy (non-hydrogen) atoms. The van der Waals surface area contributed by atoms with Crippen LogP contribution in [0.25, 0.3) is 0 Å². The van der Waals surface area contributed by atoms with E-state index in [9.17, 15) is 0 Å². The van der Waals surface area contributed by atoms with E-state index in [-0.39, 0.29) is 0 Å². The van der Waals surface area contributed by atoms with Gasteiger partial charge in [0, 0.05) is 24.0 Å². The zero-order valence-electron chi connectivity index (χ0n) is 14.1. The Morgan fingerprint density at radius 3 is 2.76 bits per heavy atom. The predicted molar refractivity (Wildman–Crippen MR) is 92.5 cm³/mol. The first-order valence-corrected chi connectivity index (χ1v) is 9.02. The number of rotatable bonds is 7. The number of fused-ring (bicyclic) bond motifs is 1. The van der Waals surface area contributed by atoms with Crippen molar-refractivity contribution in [2.45, 2.75) is 52.1 Å². The average molecular weight is 311 g/mol. The molecule has 2 atom stereocenters. The third-order valence-corrected chi connectivity index (χ3v) is 5.31. The largest absolute Gasteiger partial charge is 0.344 e. The molecule has 2 rings (SSSR count). The van der Waals surface area contributed by atoms with Gasteiger partial charge in [0.25, 0.3) is 0 Å². The molecule has 120 valence electrons. The summed E-state index contributed by atoms with van der Waals surface area (Å²) < 4.78 is 0. The maximum Gasteiger partial charge on any atom is 0.186 e. The van der Waals surface area contributed by atoms with Crippen LogP contribution >= 0.6 is 11.3 Å². The van der Waals surface area contributed by atoms with Gasteiger partial charge in [0.05, 0.1) is 11.7 Å². The lowest BCUT2D eigenvalue weighted by molar-refractivity contribution is 0.372. The Morgan fingerprint density at radius 1 is 1.38 bits per heavy atom. The second kappa shape index (κ2) is 7.56. The maximum atomic E-state index is 5.01. The lowest BCUT2D eigenvalue weighted by Crippen LogP contribution is -2.40. The number of thiazole rings is 1. The standard InChI is InChI=1S/C16H30N4S/c1-6-17-13-9-8-10-14-15(13)18-16(21-14)20(7-2)12(3)11-19(4)5/h12-13,17H,6-11H2,1-5H3. The molecule has 2 unspecified atom stereocenters. The summed E-state index contributed by atoms with van der Waals surface area (Å²) in [5.74, 6) is 0. The van der Waals surface area contributed by atoms with Crippen molar-refractivity contribution in [1.82, 2.24) is 15.2 Å². The van der Waals surface area contributed by atoms with Crippen LogP contribution in [0.15, 0.2) is 0 Å². The van der Waals surface area contributed by atoms with Crippen LogP contribution < -0.4 is 10.2 Å². The average Bonchev–Trinajstić information content (AvgIpc) is 2.83. The molecule has 1 aliphatic rings. The van der Waals surface area contributed by atoms with Crippen LogP contribution in [-0.2, 0) is 6.42 Å². The van der Waals surface area contributed by atoms with Crippen molar-refractivity contribution < 1.29 is 0 Å². The van der Waals surface area contributed by atoms with E-state index in [1.54, 1.807) is 0 Å². The van der Waals surface area contributed by atoms with Gasteiger partial charge in [0.2, 0.25) is 0 Å². The molecule has 0 fully saturated rings. The molecular weight excluding hydrogens is 280 g/mol. The Hall–Kier alpha value is -0.650. The molecule has 0 aromatic carbocycles. The van der Waals surface area contributed by atoms with E-state index in [1.807, 2.05) is 11.3 Å². The van der Waals surface area contributed by atoms with Crippen LogP contribution in [0.1, 0.15) is 50.2 Å².